The Bertz CT molecular complexity index is 804. The molecule has 1 aromatic heterocycles. The summed E-state index contributed by atoms with van der Waals surface area (Å²) in [6.07, 6.45) is 3.14. The van der Waals surface area contributed by atoms with Crippen molar-refractivity contribution >= 4 is 22.9 Å². The van der Waals surface area contributed by atoms with Crippen LogP contribution in [-0.2, 0) is 4.79 Å². The largest absolute Gasteiger partial charge is 0.481 e. The Morgan fingerprint density at radius 3 is 2.91 bits per heavy atom. The number of nitrogens with zero attached hydrogens (tertiary/aromatic N) is 3. The molecule has 2 atom stereocenters. The second kappa shape index (κ2) is 4.99. The van der Waals surface area contributed by atoms with Crippen LogP contribution in [0, 0.1) is 11.3 Å². The molecule has 1 aromatic carbocycles. The highest BCUT2D eigenvalue weighted by atomic mass is 16.4. The molecule has 0 bridgehead atoms. The average Bonchev–Trinajstić information content (AvgIpc) is 3.12. The number of hydrogen-bond acceptors (Lipinski definition) is 5. The number of aromatic nitrogens is 2. The molecule has 4 rings (SSSR count). The van der Waals surface area contributed by atoms with Crippen LogP contribution < -0.4 is 5.32 Å². The van der Waals surface area contributed by atoms with Crippen molar-refractivity contribution in [3.63, 3.8) is 0 Å². The van der Waals surface area contributed by atoms with E-state index in [1.807, 2.05) is 0 Å². The van der Waals surface area contributed by atoms with Crippen molar-refractivity contribution in [1.29, 1.82) is 0 Å². The lowest BCUT2D eigenvalue weighted by atomic mass is 9.81. The van der Waals surface area contributed by atoms with Gasteiger partial charge in [-0.2, -0.15) is 0 Å². The van der Waals surface area contributed by atoms with Gasteiger partial charge >= 0.3 is 5.97 Å². The Kier molecular flexibility index (Phi) is 3.05. The van der Waals surface area contributed by atoms with Crippen LogP contribution in [0.15, 0.2) is 30.6 Å². The van der Waals surface area contributed by atoms with Crippen molar-refractivity contribution in [3.8, 4) is 0 Å². The van der Waals surface area contributed by atoms with Gasteiger partial charge in [-0.3, -0.25) is 19.6 Å². The summed E-state index contributed by atoms with van der Waals surface area (Å²) in [7, 11) is 0. The molecular formula is C16H16N4O3. The van der Waals surface area contributed by atoms with E-state index in [-0.39, 0.29) is 18.4 Å². The second-order valence-electron chi connectivity index (χ2n) is 6.20. The van der Waals surface area contributed by atoms with Crippen LogP contribution in [0.25, 0.3) is 11.0 Å². The highest BCUT2D eigenvalue weighted by Gasteiger charge is 2.56. The van der Waals surface area contributed by atoms with E-state index in [2.05, 4.69) is 15.3 Å². The molecule has 0 radical (unpaired) electrons. The predicted octanol–water partition coefficient (Wildman–Crippen LogP) is 0.376. The first-order valence-corrected chi connectivity index (χ1v) is 7.55. The van der Waals surface area contributed by atoms with Crippen LogP contribution in [-0.4, -0.2) is 58.0 Å². The average molecular weight is 312 g/mol. The Morgan fingerprint density at radius 2 is 2.13 bits per heavy atom. The Labute approximate surface area is 132 Å². The molecule has 0 saturated carbocycles. The molecule has 7 nitrogen and oxygen atoms in total. The third-order valence-electron chi connectivity index (χ3n) is 4.97. The van der Waals surface area contributed by atoms with Crippen LogP contribution in [0.3, 0.4) is 0 Å². The van der Waals surface area contributed by atoms with Gasteiger partial charge in [0.15, 0.2) is 0 Å². The van der Waals surface area contributed by atoms with Gasteiger partial charge in [0.2, 0.25) is 0 Å². The molecule has 3 heterocycles. The molecule has 118 valence electrons. The van der Waals surface area contributed by atoms with Crippen LogP contribution in [0.5, 0.6) is 0 Å². The summed E-state index contributed by atoms with van der Waals surface area (Å²) in [6, 6.07) is 5.30. The smallest absolute Gasteiger partial charge is 0.313 e. The van der Waals surface area contributed by atoms with E-state index in [0.29, 0.717) is 36.2 Å². The van der Waals surface area contributed by atoms with E-state index in [0.717, 1.165) is 0 Å². The molecule has 2 aliphatic rings. The van der Waals surface area contributed by atoms with Crippen LogP contribution in [0.1, 0.15) is 10.4 Å². The molecule has 0 spiro atoms. The quantitative estimate of drug-likeness (QED) is 0.832. The molecule has 2 N–H and O–H groups in total. The van der Waals surface area contributed by atoms with Gasteiger partial charge in [0.05, 0.1) is 11.1 Å². The third kappa shape index (κ3) is 2.00. The van der Waals surface area contributed by atoms with Crippen LogP contribution in [0.4, 0.5) is 0 Å². The van der Waals surface area contributed by atoms with Gasteiger partial charge in [0.1, 0.15) is 10.9 Å². The molecule has 0 unspecified atom stereocenters. The maximum absolute atomic E-state index is 12.9. The maximum atomic E-state index is 12.9. The minimum Gasteiger partial charge on any atom is -0.481 e. The van der Waals surface area contributed by atoms with Gasteiger partial charge in [0, 0.05) is 44.5 Å². The van der Waals surface area contributed by atoms with Crippen molar-refractivity contribution in [3.05, 3.63) is 36.2 Å². The monoisotopic (exact) mass is 312 g/mol. The summed E-state index contributed by atoms with van der Waals surface area (Å²) in [4.78, 5) is 34.7. The lowest BCUT2D eigenvalue weighted by Crippen LogP contribution is -2.41. The first-order valence-electron chi connectivity index (χ1n) is 7.55. The third-order valence-corrected chi connectivity index (χ3v) is 4.97. The number of carboxylic acids is 1. The summed E-state index contributed by atoms with van der Waals surface area (Å²) in [5, 5.41) is 12.7. The lowest BCUT2D eigenvalue weighted by molar-refractivity contribution is -0.148. The Morgan fingerprint density at radius 1 is 1.30 bits per heavy atom. The fourth-order valence-corrected chi connectivity index (χ4v) is 3.71. The van der Waals surface area contributed by atoms with Crippen molar-refractivity contribution in [1.82, 2.24) is 20.2 Å². The Balaban J connectivity index is 1.69. The molecule has 2 aromatic rings. The van der Waals surface area contributed by atoms with E-state index < -0.39 is 11.4 Å². The number of likely N-dealkylation sites (tertiary alicyclic amines) is 1. The minimum absolute atomic E-state index is 0.0509. The molecule has 7 heteroatoms. The number of aliphatic carboxylic acids is 1. The molecule has 0 aliphatic carbocycles. The zero-order chi connectivity index (χ0) is 16.0. The number of carbonyl (C=O) groups is 2. The summed E-state index contributed by atoms with van der Waals surface area (Å²) in [5.74, 6) is -1.06. The first-order chi connectivity index (χ1) is 11.1. The maximum Gasteiger partial charge on any atom is 0.313 e. The number of hydrogen-bond donors (Lipinski definition) is 2. The van der Waals surface area contributed by atoms with Gasteiger partial charge in [0.25, 0.3) is 5.91 Å². The fraction of sp³-hybridized carbons (Fsp3) is 0.375. The van der Waals surface area contributed by atoms with E-state index in [4.69, 9.17) is 0 Å². The molecular weight excluding hydrogens is 296 g/mol. The van der Waals surface area contributed by atoms with E-state index in [9.17, 15) is 14.7 Å². The molecule has 2 fully saturated rings. The number of fused-ring (bicyclic) bond motifs is 2. The number of amides is 1. The van der Waals surface area contributed by atoms with Crippen molar-refractivity contribution < 1.29 is 14.7 Å². The van der Waals surface area contributed by atoms with Gasteiger partial charge in [-0.15, -0.1) is 0 Å². The zero-order valence-electron chi connectivity index (χ0n) is 12.4. The summed E-state index contributed by atoms with van der Waals surface area (Å²) in [5.41, 5.74) is 0.822. The highest BCUT2D eigenvalue weighted by molar-refractivity contribution is 6.05. The van der Waals surface area contributed by atoms with Gasteiger partial charge < -0.3 is 15.3 Å². The number of rotatable bonds is 2. The van der Waals surface area contributed by atoms with Crippen molar-refractivity contribution in [2.75, 3.05) is 26.2 Å². The molecule has 2 aliphatic heterocycles. The zero-order valence-corrected chi connectivity index (χ0v) is 12.4. The summed E-state index contributed by atoms with van der Waals surface area (Å²) in [6.45, 7) is 1.72. The highest BCUT2D eigenvalue weighted by Crippen LogP contribution is 2.39. The number of carbonyl (C=O) groups excluding carboxylic acids is 1. The van der Waals surface area contributed by atoms with E-state index in [1.165, 1.54) is 0 Å². The standard InChI is InChI=1S/C16H16N4O3/c21-14(11-2-1-3-12-13(11)19-5-4-18-12)20-7-10-6-17-8-16(10,9-20)15(22)23/h1-5,10,17H,6-9H2,(H,22,23)/t10-,16-/m1/s1. The van der Waals surface area contributed by atoms with Crippen LogP contribution >= 0.6 is 0 Å². The second-order valence-corrected chi connectivity index (χ2v) is 6.20. The van der Waals surface area contributed by atoms with E-state index >= 15 is 0 Å². The van der Waals surface area contributed by atoms with Crippen molar-refractivity contribution in [2.24, 2.45) is 11.3 Å². The van der Waals surface area contributed by atoms with E-state index in [1.54, 1.807) is 35.5 Å². The molecule has 2 saturated heterocycles. The normalized spacial score (nSPS) is 26.4. The fourth-order valence-electron chi connectivity index (χ4n) is 3.71. The van der Waals surface area contributed by atoms with Crippen molar-refractivity contribution in [2.45, 2.75) is 0 Å². The minimum atomic E-state index is -0.869. The summed E-state index contributed by atoms with van der Waals surface area (Å²) < 4.78 is 0. The van der Waals surface area contributed by atoms with Gasteiger partial charge in [-0.25, -0.2) is 0 Å². The topological polar surface area (TPSA) is 95.4 Å². The summed E-state index contributed by atoms with van der Waals surface area (Å²) >= 11 is 0. The number of benzene rings is 1. The SMILES string of the molecule is O=C(c1cccc2nccnc12)N1C[C@H]2CNC[C@@]2(C(=O)O)C1. The lowest BCUT2D eigenvalue weighted by Gasteiger charge is -2.22. The Hall–Kier alpha value is -2.54. The number of para-hydroxylation sites is 1. The number of carboxylic acid groups (broad SMARTS) is 1. The molecule has 23 heavy (non-hydrogen) atoms. The first kappa shape index (κ1) is 14.1. The van der Waals surface area contributed by atoms with Gasteiger partial charge in [-0.05, 0) is 12.1 Å². The van der Waals surface area contributed by atoms with Gasteiger partial charge in [-0.1, -0.05) is 6.07 Å². The predicted molar refractivity (Wildman–Crippen MR) is 81.9 cm³/mol. The molecule has 1 amide bonds. The van der Waals surface area contributed by atoms with Crippen LogP contribution in [0.2, 0.25) is 0 Å². The number of nitrogens with one attached hydrogen (secondary N) is 1.